The van der Waals surface area contributed by atoms with E-state index in [1.54, 1.807) is 0 Å². The van der Waals surface area contributed by atoms with Crippen molar-refractivity contribution in [3.8, 4) is 0 Å². The average Bonchev–Trinajstić information content (AvgIpc) is 1.64. The predicted molar refractivity (Wildman–Crippen MR) is 35.9 cm³/mol. The summed E-state index contributed by atoms with van der Waals surface area (Å²) < 4.78 is 0. The monoisotopic (exact) mass is 131 g/mol. The fourth-order valence-corrected chi connectivity index (χ4v) is 0.749. The zero-order valence-electron chi connectivity index (χ0n) is 6.18. The molecule has 0 bridgehead atoms. The van der Waals surface area contributed by atoms with Crippen LogP contribution in [-0.2, 0) is 4.84 Å². The molecule has 0 aliphatic rings. The Hall–Kier alpha value is -0.600. The maximum atomic E-state index is 9.62. The lowest BCUT2D eigenvalue weighted by Crippen LogP contribution is -2.20. The zero-order chi connectivity index (χ0) is 7.33. The van der Waals surface area contributed by atoms with E-state index in [1.165, 1.54) is 0 Å². The number of hydrogen-bond donors (Lipinski definition) is 0. The largest absolute Gasteiger partial charge is 0.358 e. The van der Waals surface area contributed by atoms with E-state index in [1.807, 2.05) is 20.8 Å². The molecule has 3 nitrogen and oxygen atoms in total. The molecular weight excluding hydrogens is 118 g/mol. The van der Waals surface area contributed by atoms with Gasteiger partial charge in [-0.05, 0) is 20.3 Å². The first-order chi connectivity index (χ1) is 4.12. The van der Waals surface area contributed by atoms with Gasteiger partial charge in [0, 0.05) is 0 Å². The van der Waals surface area contributed by atoms with Crippen molar-refractivity contribution in [3.05, 3.63) is 4.91 Å². The molecule has 0 aliphatic heterocycles. The van der Waals surface area contributed by atoms with Gasteiger partial charge < -0.3 is 4.84 Å². The molecule has 0 saturated carbocycles. The van der Waals surface area contributed by atoms with Crippen molar-refractivity contribution < 1.29 is 4.84 Å². The standard InChI is InChI=1S/C6H13NO2/c1-4-5-6(2,3)9-7-8/h4-5H2,1-3H3. The van der Waals surface area contributed by atoms with Crippen LogP contribution in [0.3, 0.4) is 0 Å². The molecule has 54 valence electrons. The van der Waals surface area contributed by atoms with Crippen LogP contribution in [0, 0.1) is 4.91 Å². The van der Waals surface area contributed by atoms with Crippen LogP contribution in [0.1, 0.15) is 33.6 Å². The van der Waals surface area contributed by atoms with Gasteiger partial charge in [-0.15, -0.1) is 4.91 Å². The van der Waals surface area contributed by atoms with Crippen LogP contribution in [0.4, 0.5) is 0 Å². The van der Waals surface area contributed by atoms with Gasteiger partial charge in [0.25, 0.3) is 0 Å². The van der Waals surface area contributed by atoms with Gasteiger partial charge in [-0.2, -0.15) is 0 Å². The Kier molecular flexibility index (Phi) is 3.20. The summed E-state index contributed by atoms with van der Waals surface area (Å²) in [5.74, 6) is 0. The molecule has 0 saturated heterocycles. The Morgan fingerprint density at radius 1 is 1.56 bits per heavy atom. The Balaban J connectivity index is 3.55. The van der Waals surface area contributed by atoms with Crippen molar-refractivity contribution in [2.24, 2.45) is 5.34 Å². The molecular formula is C6H13NO2. The van der Waals surface area contributed by atoms with Crippen molar-refractivity contribution in [1.29, 1.82) is 0 Å². The third-order valence-corrected chi connectivity index (χ3v) is 1.14. The Morgan fingerprint density at radius 2 is 2.11 bits per heavy atom. The first kappa shape index (κ1) is 8.40. The second kappa shape index (κ2) is 3.43. The van der Waals surface area contributed by atoms with Crippen LogP contribution >= 0.6 is 0 Å². The first-order valence-electron chi connectivity index (χ1n) is 3.13. The quantitative estimate of drug-likeness (QED) is 0.433. The molecule has 0 N–H and O–H groups in total. The lowest BCUT2D eigenvalue weighted by atomic mass is 10.0. The Morgan fingerprint density at radius 3 is 2.44 bits per heavy atom. The molecule has 0 aromatic carbocycles. The van der Waals surface area contributed by atoms with E-state index < -0.39 is 0 Å². The summed E-state index contributed by atoms with van der Waals surface area (Å²) >= 11 is 0. The summed E-state index contributed by atoms with van der Waals surface area (Å²) in [6.45, 7) is 5.73. The molecule has 0 aliphatic carbocycles. The van der Waals surface area contributed by atoms with Gasteiger partial charge in [-0.1, -0.05) is 13.3 Å². The summed E-state index contributed by atoms with van der Waals surface area (Å²) in [5.41, 5.74) is -0.378. The smallest absolute Gasteiger partial charge is 0.155 e. The van der Waals surface area contributed by atoms with Crippen LogP contribution in [0.5, 0.6) is 0 Å². The molecule has 0 aromatic rings. The van der Waals surface area contributed by atoms with E-state index in [4.69, 9.17) is 0 Å². The fraction of sp³-hybridized carbons (Fsp3) is 1.00. The molecule has 0 radical (unpaired) electrons. The van der Waals surface area contributed by atoms with E-state index in [0.717, 1.165) is 12.8 Å². The highest BCUT2D eigenvalue weighted by Gasteiger charge is 2.17. The highest BCUT2D eigenvalue weighted by Crippen LogP contribution is 2.15. The van der Waals surface area contributed by atoms with Crippen LogP contribution < -0.4 is 0 Å². The van der Waals surface area contributed by atoms with Crippen molar-refractivity contribution in [1.82, 2.24) is 0 Å². The topological polar surface area (TPSA) is 38.7 Å². The van der Waals surface area contributed by atoms with Crippen molar-refractivity contribution in [3.63, 3.8) is 0 Å². The molecule has 3 heteroatoms. The Bertz CT molecular complexity index is 91.1. The predicted octanol–water partition coefficient (Wildman–Crippen LogP) is 2.26. The van der Waals surface area contributed by atoms with E-state index in [2.05, 4.69) is 10.2 Å². The van der Waals surface area contributed by atoms with E-state index >= 15 is 0 Å². The average molecular weight is 131 g/mol. The SMILES string of the molecule is CCCC(C)(C)ON=O. The molecule has 0 aromatic heterocycles. The van der Waals surface area contributed by atoms with Crippen molar-refractivity contribution >= 4 is 0 Å². The molecule has 0 spiro atoms. The van der Waals surface area contributed by atoms with Gasteiger partial charge in [-0.3, -0.25) is 0 Å². The van der Waals surface area contributed by atoms with Crippen molar-refractivity contribution in [2.45, 2.75) is 39.2 Å². The first-order valence-corrected chi connectivity index (χ1v) is 3.13. The number of rotatable bonds is 4. The minimum Gasteiger partial charge on any atom is -0.358 e. The van der Waals surface area contributed by atoms with Gasteiger partial charge >= 0.3 is 0 Å². The van der Waals surface area contributed by atoms with Gasteiger partial charge in [0.15, 0.2) is 5.34 Å². The van der Waals surface area contributed by atoms with Gasteiger partial charge in [0.1, 0.15) is 5.60 Å². The van der Waals surface area contributed by atoms with E-state index in [0.29, 0.717) is 0 Å². The maximum Gasteiger partial charge on any atom is 0.155 e. The zero-order valence-corrected chi connectivity index (χ0v) is 6.18. The molecule has 9 heavy (non-hydrogen) atoms. The lowest BCUT2D eigenvalue weighted by molar-refractivity contribution is -0.0237. The highest BCUT2D eigenvalue weighted by atomic mass is 16.7. The second-order valence-corrected chi connectivity index (χ2v) is 2.68. The van der Waals surface area contributed by atoms with Gasteiger partial charge in [0.05, 0.1) is 0 Å². The molecule has 0 heterocycles. The fourth-order valence-electron chi connectivity index (χ4n) is 0.749. The summed E-state index contributed by atoms with van der Waals surface area (Å²) in [5, 5.41) is 2.38. The van der Waals surface area contributed by atoms with Crippen molar-refractivity contribution in [2.75, 3.05) is 0 Å². The van der Waals surface area contributed by atoms with Crippen LogP contribution in [-0.4, -0.2) is 5.60 Å². The van der Waals surface area contributed by atoms with Crippen LogP contribution in [0.25, 0.3) is 0 Å². The summed E-state index contributed by atoms with van der Waals surface area (Å²) in [4.78, 5) is 14.2. The van der Waals surface area contributed by atoms with E-state index in [9.17, 15) is 4.91 Å². The molecule has 0 amide bonds. The van der Waals surface area contributed by atoms with E-state index in [-0.39, 0.29) is 5.60 Å². The molecule has 0 fully saturated rings. The second-order valence-electron chi connectivity index (χ2n) is 2.68. The minimum atomic E-state index is -0.378. The molecule has 0 atom stereocenters. The number of nitrogens with zero attached hydrogens (tertiary/aromatic N) is 1. The van der Waals surface area contributed by atoms with Crippen LogP contribution in [0.2, 0.25) is 0 Å². The highest BCUT2D eigenvalue weighted by molar-refractivity contribution is 4.65. The Labute approximate surface area is 55.3 Å². The molecule has 0 unspecified atom stereocenters. The maximum absolute atomic E-state index is 9.62. The summed E-state index contributed by atoms with van der Waals surface area (Å²) in [6, 6.07) is 0. The molecule has 0 rings (SSSR count). The number of hydrogen-bond acceptors (Lipinski definition) is 3. The van der Waals surface area contributed by atoms with Gasteiger partial charge in [-0.25, -0.2) is 0 Å². The summed E-state index contributed by atoms with van der Waals surface area (Å²) in [6.07, 6.45) is 1.86. The minimum absolute atomic E-state index is 0.378. The van der Waals surface area contributed by atoms with Crippen LogP contribution in [0.15, 0.2) is 5.34 Å². The lowest BCUT2D eigenvalue weighted by Gasteiger charge is -2.18. The van der Waals surface area contributed by atoms with Gasteiger partial charge in [0.2, 0.25) is 0 Å². The third kappa shape index (κ3) is 3.94. The third-order valence-electron chi connectivity index (χ3n) is 1.14. The normalized spacial score (nSPS) is 11.0. The summed E-state index contributed by atoms with van der Waals surface area (Å²) in [7, 11) is 0.